The second kappa shape index (κ2) is 9.32. The lowest BCUT2D eigenvalue weighted by atomic mass is 10.2. The molecule has 0 unspecified atom stereocenters. The van der Waals surface area contributed by atoms with Crippen molar-refractivity contribution in [3.63, 3.8) is 0 Å². The topological polar surface area (TPSA) is 46.6 Å². The molecule has 4 rings (SSSR count). The maximum Gasteiger partial charge on any atom is 0.293 e. The van der Waals surface area contributed by atoms with Gasteiger partial charge in [-0.2, -0.15) is 0 Å². The summed E-state index contributed by atoms with van der Waals surface area (Å²) in [7, 11) is 0. The van der Waals surface area contributed by atoms with Crippen molar-refractivity contribution in [3.8, 4) is 5.75 Å². The van der Waals surface area contributed by atoms with Crippen molar-refractivity contribution in [3.05, 3.63) is 105 Å². The van der Waals surface area contributed by atoms with E-state index in [0.29, 0.717) is 17.3 Å². The van der Waals surface area contributed by atoms with E-state index in [1.165, 1.54) is 4.90 Å². The van der Waals surface area contributed by atoms with Gasteiger partial charge in [0.05, 0.1) is 11.4 Å². The van der Waals surface area contributed by atoms with E-state index < -0.39 is 0 Å². The Kier molecular flexibility index (Phi) is 6.35. The Morgan fingerprint density at radius 3 is 2.43 bits per heavy atom. The van der Waals surface area contributed by atoms with E-state index in [4.69, 9.17) is 4.74 Å². The number of thioether (sulfide) groups is 1. The normalized spacial score (nSPS) is 15.1. The van der Waals surface area contributed by atoms with E-state index in [1.807, 2.05) is 78.9 Å². The Labute approximate surface area is 187 Å². The maximum absolute atomic E-state index is 12.7. The molecule has 6 heteroatoms. The van der Waals surface area contributed by atoms with Crippen molar-refractivity contribution in [1.29, 1.82) is 0 Å². The third kappa shape index (κ3) is 5.01. The first-order valence-corrected chi connectivity index (χ1v) is 11.0. The van der Waals surface area contributed by atoms with E-state index in [2.05, 4.69) is 15.9 Å². The fourth-order valence-electron chi connectivity index (χ4n) is 3.00. The van der Waals surface area contributed by atoms with Gasteiger partial charge in [-0.3, -0.25) is 14.5 Å². The molecule has 0 aliphatic carbocycles. The van der Waals surface area contributed by atoms with Gasteiger partial charge >= 0.3 is 0 Å². The zero-order valence-electron chi connectivity index (χ0n) is 16.0. The quantitative estimate of drug-likeness (QED) is 0.391. The predicted octanol–water partition coefficient (Wildman–Crippen LogP) is 6.26. The van der Waals surface area contributed by atoms with Gasteiger partial charge in [-0.05, 0) is 58.8 Å². The minimum absolute atomic E-state index is 0.252. The van der Waals surface area contributed by atoms with Gasteiger partial charge in [-0.25, -0.2) is 0 Å². The second-order valence-electron chi connectivity index (χ2n) is 6.74. The van der Waals surface area contributed by atoms with Crippen molar-refractivity contribution in [1.82, 2.24) is 4.90 Å². The highest BCUT2D eigenvalue weighted by molar-refractivity contribution is 9.10. The molecular weight excluding hydrogens is 462 g/mol. The van der Waals surface area contributed by atoms with E-state index in [1.54, 1.807) is 6.08 Å². The molecule has 0 bridgehead atoms. The van der Waals surface area contributed by atoms with Crippen LogP contribution in [0.4, 0.5) is 4.79 Å². The molecule has 0 spiro atoms. The number of amides is 2. The molecule has 3 aromatic carbocycles. The molecule has 150 valence electrons. The van der Waals surface area contributed by atoms with Crippen molar-refractivity contribution >= 4 is 44.9 Å². The molecule has 1 fully saturated rings. The molecule has 30 heavy (non-hydrogen) atoms. The predicted molar refractivity (Wildman–Crippen MR) is 123 cm³/mol. The first-order valence-electron chi connectivity index (χ1n) is 9.35. The Hall–Kier alpha value is -2.83. The van der Waals surface area contributed by atoms with Crippen molar-refractivity contribution < 1.29 is 14.3 Å². The number of carbonyl (C=O) groups excluding carboxylic acids is 2. The lowest BCUT2D eigenvalue weighted by Gasteiger charge is -2.12. The molecule has 1 aliphatic rings. The SMILES string of the molecule is O=C1S/C(=C\c2cccc(OCc3ccc(Br)cc3)c2)C(=O)N1Cc1ccccc1. The number of hydrogen-bond donors (Lipinski definition) is 0. The van der Waals surface area contributed by atoms with Gasteiger partial charge in [-0.15, -0.1) is 0 Å². The zero-order chi connectivity index (χ0) is 20.9. The molecule has 1 heterocycles. The molecule has 1 saturated heterocycles. The first-order chi connectivity index (χ1) is 14.6. The van der Waals surface area contributed by atoms with Crippen LogP contribution in [-0.4, -0.2) is 16.0 Å². The third-order valence-corrected chi connectivity index (χ3v) is 5.97. The van der Waals surface area contributed by atoms with Crippen LogP contribution in [0.15, 0.2) is 88.2 Å². The van der Waals surface area contributed by atoms with Crippen molar-refractivity contribution in [2.75, 3.05) is 0 Å². The molecular formula is C24H18BrNO3S. The van der Waals surface area contributed by atoms with Gasteiger partial charge < -0.3 is 4.74 Å². The number of benzene rings is 3. The lowest BCUT2D eigenvalue weighted by Crippen LogP contribution is -2.27. The van der Waals surface area contributed by atoms with E-state index in [0.717, 1.165) is 32.9 Å². The number of ether oxygens (including phenoxy) is 1. The van der Waals surface area contributed by atoms with Crippen LogP contribution in [0.2, 0.25) is 0 Å². The summed E-state index contributed by atoms with van der Waals surface area (Å²) in [5, 5.41) is -0.252. The number of rotatable bonds is 6. The number of hydrogen-bond acceptors (Lipinski definition) is 4. The lowest BCUT2D eigenvalue weighted by molar-refractivity contribution is -0.123. The summed E-state index contributed by atoms with van der Waals surface area (Å²) in [5.74, 6) is 0.435. The van der Waals surface area contributed by atoms with Crippen LogP contribution in [0.25, 0.3) is 6.08 Å². The van der Waals surface area contributed by atoms with Crippen molar-refractivity contribution in [2.45, 2.75) is 13.2 Å². The molecule has 0 N–H and O–H groups in total. The Balaban J connectivity index is 1.45. The Morgan fingerprint density at radius 2 is 1.67 bits per heavy atom. The minimum atomic E-state index is -0.268. The zero-order valence-corrected chi connectivity index (χ0v) is 18.4. The molecule has 3 aromatic rings. The molecule has 0 radical (unpaired) electrons. The van der Waals surface area contributed by atoms with Crippen LogP contribution in [0.5, 0.6) is 5.75 Å². The van der Waals surface area contributed by atoms with Gasteiger partial charge in [0.1, 0.15) is 12.4 Å². The molecule has 0 saturated carbocycles. The maximum atomic E-state index is 12.7. The van der Waals surface area contributed by atoms with Gasteiger partial charge in [0, 0.05) is 4.47 Å². The second-order valence-corrected chi connectivity index (χ2v) is 8.65. The molecule has 4 nitrogen and oxygen atoms in total. The summed E-state index contributed by atoms with van der Waals surface area (Å²) in [4.78, 5) is 26.8. The smallest absolute Gasteiger partial charge is 0.293 e. The molecule has 0 atom stereocenters. The van der Waals surface area contributed by atoms with E-state index in [9.17, 15) is 9.59 Å². The van der Waals surface area contributed by atoms with Crippen LogP contribution in [-0.2, 0) is 17.9 Å². The summed E-state index contributed by atoms with van der Waals surface area (Å²) in [5.41, 5.74) is 2.79. The van der Waals surface area contributed by atoms with Gasteiger partial charge in [0.25, 0.3) is 11.1 Å². The fraction of sp³-hybridized carbons (Fsp3) is 0.0833. The number of imide groups is 1. The first kappa shape index (κ1) is 20.4. The Morgan fingerprint density at radius 1 is 0.900 bits per heavy atom. The van der Waals surface area contributed by atoms with Crippen LogP contribution in [0.3, 0.4) is 0 Å². The highest BCUT2D eigenvalue weighted by Gasteiger charge is 2.34. The highest BCUT2D eigenvalue weighted by Crippen LogP contribution is 2.33. The fourth-order valence-corrected chi connectivity index (χ4v) is 4.10. The summed E-state index contributed by atoms with van der Waals surface area (Å²) in [6, 6.07) is 24.9. The van der Waals surface area contributed by atoms with Crippen LogP contribution in [0, 0.1) is 0 Å². The third-order valence-electron chi connectivity index (χ3n) is 4.53. The number of carbonyl (C=O) groups is 2. The largest absolute Gasteiger partial charge is 0.489 e. The van der Waals surface area contributed by atoms with Crippen LogP contribution >= 0.6 is 27.7 Å². The standard InChI is InChI=1S/C24H18BrNO3S/c25-20-11-9-18(10-12-20)16-29-21-8-4-7-19(13-21)14-22-23(27)26(24(28)30-22)15-17-5-2-1-3-6-17/h1-14H,15-16H2/b22-14-. The summed E-state index contributed by atoms with van der Waals surface area (Å²) < 4.78 is 6.89. The molecule has 1 aliphatic heterocycles. The Bertz CT molecular complexity index is 1100. The molecule has 2 amide bonds. The van der Waals surface area contributed by atoms with Gasteiger partial charge in [0.15, 0.2) is 0 Å². The molecule has 0 aromatic heterocycles. The summed E-state index contributed by atoms with van der Waals surface area (Å²) in [6.45, 7) is 0.726. The summed E-state index contributed by atoms with van der Waals surface area (Å²) in [6.07, 6.45) is 1.74. The van der Waals surface area contributed by atoms with Gasteiger partial charge in [-0.1, -0.05) is 70.5 Å². The van der Waals surface area contributed by atoms with E-state index >= 15 is 0 Å². The van der Waals surface area contributed by atoms with Crippen molar-refractivity contribution in [2.24, 2.45) is 0 Å². The highest BCUT2D eigenvalue weighted by atomic mass is 79.9. The average Bonchev–Trinajstić information content (AvgIpc) is 3.02. The monoisotopic (exact) mass is 479 g/mol. The average molecular weight is 480 g/mol. The summed E-state index contributed by atoms with van der Waals surface area (Å²) >= 11 is 4.39. The minimum Gasteiger partial charge on any atom is -0.489 e. The number of nitrogens with zero attached hydrogens (tertiary/aromatic N) is 1. The van der Waals surface area contributed by atoms with E-state index in [-0.39, 0.29) is 17.7 Å². The number of halogens is 1. The van der Waals surface area contributed by atoms with Crippen LogP contribution < -0.4 is 4.74 Å². The van der Waals surface area contributed by atoms with Gasteiger partial charge in [0.2, 0.25) is 0 Å². The van der Waals surface area contributed by atoms with Crippen LogP contribution in [0.1, 0.15) is 16.7 Å².